The molecule has 12 heavy (non-hydrogen) atoms. The van der Waals surface area contributed by atoms with E-state index in [4.69, 9.17) is 5.26 Å². The maximum atomic E-state index is 8.57. The quantitative estimate of drug-likeness (QED) is 0.581. The van der Waals surface area contributed by atoms with Gasteiger partial charge in [0, 0.05) is 5.92 Å². The van der Waals surface area contributed by atoms with Crippen molar-refractivity contribution in [1.29, 1.82) is 5.26 Å². The van der Waals surface area contributed by atoms with Crippen molar-refractivity contribution in [3.05, 3.63) is 37.0 Å². The van der Waals surface area contributed by atoms with E-state index in [9.17, 15) is 0 Å². The third kappa shape index (κ3) is 1.65. The molecule has 0 aliphatic heterocycles. The fourth-order valence-electron chi connectivity index (χ4n) is 1.50. The Bertz CT molecular complexity index is 249. The van der Waals surface area contributed by atoms with Gasteiger partial charge in [-0.1, -0.05) is 31.4 Å². The molecular weight excluding hydrogens is 146 g/mol. The summed E-state index contributed by atoms with van der Waals surface area (Å²) >= 11 is 0. The summed E-state index contributed by atoms with van der Waals surface area (Å²) in [6.07, 6.45) is 7.59. The zero-order valence-corrected chi connectivity index (χ0v) is 7.16. The Labute approximate surface area is 73.7 Å². The van der Waals surface area contributed by atoms with Gasteiger partial charge in [-0.25, -0.2) is 0 Å². The molecule has 0 aromatic rings. The normalized spacial score (nSPS) is 28.4. The molecule has 62 valence electrons. The Balaban J connectivity index is 2.51. The predicted octanol–water partition coefficient (Wildman–Crippen LogP) is 2.83. The molecular formula is C11H13N. The molecule has 0 radical (unpaired) electrons. The van der Waals surface area contributed by atoms with Gasteiger partial charge in [0.2, 0.25) is 0 Å². The van der Waals surface area contributed by atoms with Crippen LogP contribution in [0, 0.1) is 23.2 Å². The molecule has 0 N–H and O–H groups in total. The maximum absolute atomic E-state index is 8.57. The number of nitriles is 1. The van der Waals surface area contributed by atoms with Crippen LogP contribution < -0.4 is 0 Å². The van der Waals surface area contributed by atoms with E-state index in [-0.39, 0.29) is 5.92 Å². The van der Waals surface area contributed by atoms with Crippen LogP contribution in [0.2, 0.25) is 0 Å². The second-order valence-corrected chi connectivity index (χ2v) is 3.10. The SMILES string of the molecule is C=C/C=C(\C=C)C1CC(C#N)C1. The van der Waals surface area contributed by atoms with Crippen molar-refractivity contribution in [3.8, 4) is 6.07 Å². The standard InChI is InChI=1S/C11H13N/c1-3-5-10(4-2)11-6-9(7-11)8-12/h3-5,9,11H,1-2,6-7H2/b10-5+. The largest absolute Gasteiger partial charge is 0.198 e. The highest BCUT2D eigenvalue weighted by atomic mass is 14.4. The van der Waals surface area contributed by atoms with Gasteiger partial charge in [0.05, 0.1) is 6.07 Å². The monoisotopic (exact) mass is 159 g/mol. The van der Waals surface area contributed by atoms with Gasteiger partial charge in [0.25, 0.3) is 0 Å². The van der Waals surface area contributed by atoms with Crippen LogP contribution in [0.5, 0.6) is 0 Å². The smallest absolute Gasteiger partial charge is 0.0656 e. The molecule has 1 fully saturated rings. The van der Waals surface area contributed by atoms with E-state index in [0.29, 0.717) is 5.92 Å². The van der Waals surface area contributed by atoms with E-state index in [1.54, 1.807) is 6.08 Å². The summed E-state index contributed by atoms with van der Waals surface area (Å²) < 4.78 is 0. The summed E-state index contributed by atoms with van der Waals surface area (Å²) in [5.41, 5.74) is 1.22. The van der Waals surface area contributed by atoms with Crippen LogP contribution in [0.25, 0.3) is 0 Å². The van der Waals surface area contributed by atoms with Crippen molar-refractivity contribution in [2.45, 2.75) is 12.8 Å². The highest BCUT2D eigenvalue weighted by Crippen LogP contribution is 2.38. The second-order valence-electron chi connectivity index (χ2n) is 3.10. The van der Waals surface area contributed by atoms with Crippen LogP contribution >= 0.6 is 0 Å². The molecule has 0 bridgehead atoms. The molecule has 1 rings (SSSR count). The topological polar surface area (TPSA) is 23.8 Å². The average Bonchev–Trinajstić information content (AvgIpc) is 2.01. The second kappa shape index (κ2) is 3.92. The van der Waals surface area contributed by atoms with Gasteiger partial charge in [-0.15, -0.1) is 0 Å². The van der Waals surface area contributed by atoms with E-state index in [1.165, 1.54) is 5.57 Å². The first kappa shape index (κ1) is 8.80. The summed E-state index contributed by atoms with van der Waals surface area (Å²) in [4.78, 5) is 0. The minimum absolute atomic E-state index is 0.267. The van der Waals surface area contributed by atoms with E-state index in [2.05, 4.69) is 19.2 Å². The summed E-state index contributed by atoms with van der Waals surface area (Å²) in [7, 11) is 0. The van der Waals surface area contributed by atoms with Gasteiger partial charge in [0.1, 0.15) is 0 Å². The Morgan fingerprint density at radius 3 is 2.50 bits per heavy atom. The zero-order chi connectivity index (χ0) is 8.97. The van der Waals surface area contributed by atoms with Crippen molar-refractivity contribution in [2.75, 3.05) is 0 Å². The molecule has 1 heteroatoms. The highest BCUT2D eigenvalue weighted by molar-refractivity contribution is 5.26. The first-order valence-corrected chi connectivity index (χ1v) is 4.16. The van der Waals surface area contributed by atoms with Crippen LogP contribution in [-0.4, -0.2) is 0 Å². The Hall–Kier alpha value is -1.29. The average molecular weight is 159 g/mol. The maximum Gasteiger partial charge on any atom is 0.0656 e. The lowest BCUT2D eigenvalue weighted by atomic mass is 9.72. The number of allylic oxidation sites excluding steroid dienone is 4. The molecule has 0 aromatic carbocycles. The van der Waals surface area contributed by atoms with Crippen molar-refractivity contribution in [2.24, 2.45) is 11.8 Å². The molecule has 0 atom stereocenters. The third-order valence-corrected chi connectivity index (χ3v) is 2.34. The van der Waals surface area contributed by atoms with Crippen LogP contribution in [0.4, 0.5) is 0 Å². The number of hydrogen-bond acceptors (Lipinski definition) is 1. The molecule has 0 saturated heterocycles. The molecule has 0 aromatic heterocycles. The van der Waals surface area contributed by atoms with Gasteiger partial charge < -0.3 is 0 Å². The number of nitrogens with zero attached hydrogens (tertiary/aromatic N) is 1. The van der Waals surface area contributed by atoms with Gasteiger partial charge in [-0.3, -0.25) is 0 Å². The molecule has 1 aliphatic rings. The molecule has 1 saturated carbocycles. The van der Waals surface area contributed by atoms with Gasteiger partial charge >= 0.3 is 0 Å². The van der Waals surface area contributed by atoms with Crippen LogP contribution in [-0.2, 0) is 0 Å². The van der Waals surface area contributed by atoms with E-state index < -0.39 is 0 Å². The van der Waals surface area contributed by atoms with E-state index in [1.807, 2.05) is 12.2 Å². The molecule has 0 heterocycles. The molecule has 0 amide bonds. The fraction of sp³-hybridized carbons (Fsp3) is 0.364. The lowest BCUT2D eigenvalue weighted by Gasteiger charge is -2.31. The summed E-state index contributed by atoms with van der Waals surface area (Å²) in [6.45, 7) is 7.37. The fourth-order valence-corrected chi connectivity index (χ4v) is 1.50. The zero-order valence-electron chi connectivity index (χ0n) is 7.16. The minimum atomic E-state index is 0.267. The third-order valence-electron chi connectivity index (χ3n) is 2.34. The summed E-state index contributed by atoms with van der Waals surface area (Å²) in [5.74, 6) is 0.813. The molecule has 1 aliphatic carbocycles. The Morgan fingerprint density at radius 1 is 1.42 bits per heavy atom. The van der Waals surface area contributed by atoms with E-state index in [0.717, 1.165) is 12.8 Å². The van der Waals surface area contributed by atoms with Crippen molar-refractivity contribution in [1.82, 2.24) is 0 Å². The van der Waals surface area contributed by atoms with Crippen LogP contribution in [0.3, 0.4) is 0 Å². The van der Waals surface area contributed by atoms with E-state index >= 15 is 0 Å². The van der Waals surface area contributed by atoms with Gasteiger partial charge in [0.15, 0.2) is 0 Å². The van der Waals surface area contributed by atoms with Crippen molar-refractivity contribution >= 4 is 0 Å². The van der Waals surface area contributed by atoms with Crippen molar-refractivity contribution in [3.63, 3.8) is 0 Å². The number of rotatable bonds is 3. The molecule has 0 spiro atoms. The summed E-state index contributed by atoms with van der Waals surface area (Å²) in [5, 5.41) is 8.57. The number of hydrogen-bond donors (Lipinski definition) is 0. The van der Waals surface area contributed by atoms with Gasteiger partial charge in [-0.2, -0.15) is 5.26 Å². The summed E-state index contributed by atoms with van der Waals surface area (Å²) in [6, 6.07) is 2.27. The molecule has 0 unspecified atom stereocenters. The highest BCUT2D eigenvalue weighted by Gasteiger charge is 2.30. The van der Waals surface area contributed by atoms with Gasteiger partial charge in [-0.05, 0) is 24.3 Å². The van der Waals surface area contributed by atoms with Crippen LogP contribution in [0.1, 0.15) is 12.8 Å². The predicted molar refractivity (Wildman–Crippen MR) is 50.3 cm³/mol. The van der Waals surface area contributed by atoms with Crippen molar-refractivity contribution < 1.29 is 0 Å². The minimum Gasteiger partial charge on any atom is -0.198 e. The first-order chi connectivity index (χ1) is 5.81. The first-order valence-electron chi connectivity index (χ1n) is 4.16. The Kier molecular flexibility index (Phi) is 2.88. The molecule has 1 nitrogen and oxygen atoms in total. The van der Waals surface area contributed by atoms with Crippen LogP contribution in [0.15, 0.2) is 37.0 Å². The lowest BCUT2D eigenvalue weighted by Crippen LogP contribution is -2.23. The lowest BCUT2D eigenvalue weighted by molar-refractivity contribution is 0.293. The Morgan fingerprint density at radius 2 is 2.08 bits per heavy atom.